The molecule has 1 saturated heterocycles. The number of hydrogen-bond donors (Lipinski definition) is 0. The molecule has 0 spiro atoms. The molecule has 2 nitrogen and oxygen atoms in total. The molecule has 1 aromatic rings. The molecule has 1 heterocycles. The van der Waals surface area contributed by atoms with E-state index in [2.05, 4.69) is 15.9 Å². The van der Waals surface area contributed by atoms with Crippen molar-refractivity contribution >= 4 is 33.4 Å². The van der Waals surface area contributed by atoms with Gasteiger partial charge < -0.3 is 4.90 Å². The lowest BCUT2D eigenvalue weighted by Crippen LogP contribution is -2.41. The van der Waals surface area contributed by atoms with Crippen molar-refractivity contribution in [2.75, 3.05) is 6.54 Å². The third kappa shape index (κ3) is 2.89. The summed E-state index contributed by atoms with van der Waals surface area (Å²) in [6, 6.07) is 7.97. The number of amides is 1. The van der Waals surface area contributed by atoms with Crippen molar-refractivity contribution in [3.05, 3.63) is 34.9 Å². The molecular formula is C14H17BrClNO. The zero-order valence-corrected chi connectivity index (χ0v) is 13.0. The third-order valence-corrected chi connectivity index (χ3v) is 3.83. The number of hydrogen-bond acceptors (Lipinski definition) is 1. The maximum absolute atomic E-state index is 12.4. The second-order valence-corrected chi connectivity index (χ2v) is 7.60. The number of carbonyl (C=O) groups excluding carboxylic acids is 1. The quantitative estimate of drug-likeness (QED) is 0.745. The van der Waals surface area contributed by atoms with Crippen LogP contribution in [0.3, 0.4) is 0 Å². The molecule has 1 amide bonds. The highest BCUT2D eigenvalue weighted by molar-refractivity contribution is 9.10. The van der Waals surface area contributed by atoms with Gasteiger partial charge in [0.1, 0.15) is 0 Å². The van der Waals surface area contributed by atoms with E-state index in [4.69, 9.17) is 11.6 Å². The van der Waals surface area contributed by atoms with E-state index in [1.165, 1.54) is 0 Å². The van der Waals surface area contributed by atoms with Crippen LogP contribution in [-0.2, 0) is 4.79 Å². The van der Waals surface area contributed by atoms with Crippen molar-refractivity contribution in [3.63, 3.8) is 0 Å². The first-order chi connectivity index (χ1) is 8.39. The van der Waals surface area contributed by atoms with E-state index >= 15 is 0 Å². The maximum Gasteiger partial charge on any atom is 0.239 e. The minimum Gasteiger partial charge on any atom is -0.334 e. The fourth-order valence-corrected chi connectivity index (χ4v) is 2.84. The highest BCUT2D eigenvalue weighted by Crippen LogP contribution is 2.35. The van der Waals surface area contributed by atoms with Gasteiger partial charge in [0.05, 0.1) is 10.4 Å². The van der Waals surface area contributed by atoms with Gasteiger partial charge in [0.25, 0.3) is 0 Å². The molecule has 18 heavy (non-hydrogen) atoms. The zero-order chi connectivity index (χ0) is 13.3. The highest BCUT2D eigenvalue weighted by Gasteiger charge is 2.36. The van der Waals surface area contributed by atoms with Crippen LogP contribution in [0, 0.1) is 0 Å². The van der Waals surface area contributed by atoms with Crippen molar-refractivity contribution in [3.8, 4) is 0 Å². The van der Waals surface area contributed by atoms with Gasteiger partial charge in [0, 0.05) is 11.6 Å². The summed E-state index contributed by atoms with van der Waals surface area (Å²) in [7, 11) is 0. The number of nitrogens with zero attached hydrogens (tertiary/aromatic N) is 1. The van der Waals surface area contributed by atoms with Crippen LogP contribution < -0.4 is 0 Å². The van der Waals surface area contributed by atoms with Crippen LogP contribution in [0.5, 0.6) is 0 Å². The van der Waals surface area contributed by atoms with Gasteiger partial charge in [-0.1, -0.05) is 39.7 Å². The van der Waals surface area contributed by atoms with Crippen molar-refractivity contribution in [1.29, 1.82) is 0 Å². The standard InChI is InChI=1S/C14H17BrClNO/c1-14(2,15)13(18)17-8-4-7-12(17)10-5-3-6-11(16)9-10/h3,5-6,9,12H,4,7-8H2,1-2H3. The fourth-order valence-electron chi connectivity index (χ4n) is 2.41. The van der Waals surface area contributed by atoms with E-state index in [-0.39, 0.29) is 11.9 Å². The Hall–Kier alpha value is -0.540. The van der Waals surface area contributed by atoms with Crippen LogP contribution in [0.25, 0.3) is 0 Å². The number of rotatable bonds is 2. The molecule has 0 bridgehead atoms. The van der Waals surface area contributed by atoms with E-state index in [0.717, 1.165) is 30.0 Å². The SMILES string of the molecule is CC(C)(Br)C(=O)N1CCCC1c1cccc(Cl)c1. The summed E-state index contributed by atoms with van der Waals surface area (Å²) < 4.78 is -0.506. The van der Waals surface area contributed by atoms with Gasteiger partial charge in [-0.2, -0.15) is 0 Å². The lowest BCUT2D eigenvalue weighted by Gasteiger charge is -2.30. The smallest absolute Gasteiger partial charge is 0.239 e. The summed E-state index contributed by atoms with van der Waals surface area (Å²) in [5.74, 6) is 0.143. The molecule has 1 atom stereocenters. The van der Waals surface area contributed by atoms with E-state index in [0.29, 0.717) is 0 Å². The van der Waals surface area contributed by atoms with Gasteiger partial charge in [0.2, 0.25) is 5.91 Å². The second-order valence-electron chi connectivity index (χ2n) is 5.18. The van der Waals surface area contributed by atoms with Crippen LogP contribution in [0.15, 0.2) is 24.3 Å². The molecule has 0 aromatic heterocycles. The molecule has 1 aliphatic heterocycles. The zero-order valence-electron chi connectivity index (χ0n) is 10.6. The number of alkyl halides is 1. The molecular weight excluding hydrogens is 314 g/mol. The van der Waals surface area contributed by atoms with E-state index in [1.54, 1.807) is 0 Å². The molecule has 0 radical (unpaired) electrons. The predicted molar refractivity (Wildman–Crippen MR) is 78.1 cm³/mol. The van der Waals surface area contributed by atoms with E-state index < -0.39 is 4.32 Å². The molecule has 2 rings (SSSR count). The molecule has 1 aliphatic rings. The first kappa shape index (κ1) is 13.9. The Balaban J connectivity index is 2.25. The van der Waals surface area contributed by atoms with Crippen LogP contribution in [0.2, 0.25) is 5.02 Å². The Bertz CT molecular complexity index is 455. The minimum atomic E-state index is -0.506. The van der Waals surface area contributed by atoms with Crippen molar-refractivity contribution in [1.82, 2.24) is 4.90 Å². The molecule has 1 aromatic carbocycles. The Morgan fingerprint density at radius 3 is 2.83 bits per heavy atom. The normalized spacial score (nSPS) is 20.2. The summed E-state index contributed by atoms with van der Waals surface area (Å²) in [5, 5.41) is 0.727. The fraction of sp³-hybridized carbons (Fsp3) is 0.500. The first-order valence-electron chi connectivity index (χ1n) is 6.15. The summed E-state index contributed by atoms with van der Waals surface area (Å²) >= 11 is 9.48. The summed E-state index contributed by atoms with van der Waals surface area (Å²) in [4.78, 5) is 14.3. The maximum atomic E-state index is 12.4. The monoisotopic (exact) mass is 329 g/mol. The molecule has 98 valence electrons. The summed E-state index contributed by atoms with van der Waals surface area (Å²) in [6.45, 7) is 4.61. The lowest BCUT2D eigenvalue weighted by atomic mass is 10.0. The average molecular weight is 331 g/mol. The van der Waals surface area contributed by atoms with Gasteiger partial charge in [-0.25, -0.2) is 0 Å². The molecule has 1 unspecified atom stereocenters. The Labute approximate surface area is 121 Å². The van der Waals surface area contributed by atoms with Gasteiger partial charge in [-0.15, -0.1) is 0 Å². The van der Waals surface area contributed by atoms with Crippen LogP contribution >= 0.6 is 27.5 Å². The molecule has 0 saturated carbocycles. The lowest BCUT2D eigenvalue weighted by molar-refractivity contribution is -0.133. The van der Waals surface area contributed by atoms with E-state index in [9.17, 15) is 4.79 Å². The summed E-state index contributed by atoms with van der Waals surface area (Å²) in [5.41, 5.74) is 1.13. The van der Waals surface area contributed by atoms with Crippen molar-refractivity contribution < 1.29 is 4.79 Å². The van der Waals surface area contributed by atoms with Crippen molar-refractivity contribution in [2.45, 2.75) is 37.1 Å². The van der Waals surface area contributed by atoms with Crippen LogP contribution in [0.4, 0.5) is 0 Å². The van der Waals surface area contributed by atoms with Crippen molar-refractivity contribution in [2.24, 2.45) is 0 Å². The number of benzene rings is 1. The van der Waals surface area contributed by atoms with Gasteiger partial charge in [-0.05, 0) is 44.4 Å². The molecule has 1 fully saturated rings. The molecule has 4 heteroatoms. The number of carbonyl (C=O) groups is 1. The largest absolute Gasteiger partial charge is 0.334 e. The topological polar surface area (TPSA) is 20.3 Å². The Morgan fingerprint density at radius 1 is 1.50 bits per heavy atom. The van der Waals surface area contributed by atoms with E-state index in [1.807, 2.05) is 43.0 Å². The number of halogens is 2. The second kappa shape index (κ2) is 5.22. The number of likely N-dealkylation sites (tertiary alicyclic amines) is 1. The highest BCUT2D eigenvalue weighted by atomic mass is 79.9. The van der Waals surface area contributed by atoms with Crippen LogP contribution in [0.1, 0.15) is 38.3 Å². The summed E-state index contributed by atoms with van der Waals surface area (Å²) in [6.07, 6.45) is 2.06. The Kier molecular flexibility index (Phi) is 4.02. The molecule has 0 aliphatic carbocycles. The minimum absolute atomic E-state index is 0.143. The first-order valence-corrected chi connectivity index (χ1v) is 7.32. The van der Waals surface area contributed by atoms with Gasteiger partial charge in [0.15, 0.2) is 0 Å². The molecule has 0 N–H and O–H groups in total. The van der Waals surface area contributed by atoms with Gasteiger partial charge >= 0.3 is 0 Å². The Morgan fingerprint density at radius 2 is 2.22 bits per heavy atom. The average Bonchev–Trinajstić information content (AvgIpc) is 2.75. The predicted octanol–water partition coefficient (Wildman–Crippen LogP) is 4.18. The van der Waals surface area contributed by atoms with Crippen LogP contribution in [-0.4, -0.2) is 21.7 Å². The van der Waals surface area contributed by atoms with Gasteiger partial charge in [-0.3, -0.25) is 4.79 Å². The third-order valence-electron chi connectivity index (χ3n) is 3.26.